The van der Waals surface area contributed by atoms with Crippen LogP contribution in [0.3, 0.4) is 0 Å². The van der Waals surface area contributed by atoms with E-state index in [9.17, 15) is 9.59 Å². The van der Waals surface area contributed by atoms with Crippen LogP contribution in [0.4, 0.5) is 4.79 Å². The lowest BCUT2D eigenvalue weighted by Crippen LogP contribution is -2.38. The van der Waals surface area contributed by atoms with Gasteiger partial charge in [-0.3, -0.25) is 4.79 Å². The molecule has 2 aromatic rings. The van der Waals surface area contributed by atoms with Crippen LogP contribution in [0.15, 0.2) is 54.6 Å². The van der Waals surface area contributed by atoms with Gasteiger partial charge in [-0.1, -0.05) is 42.5 Å². The largest absolute Gasteiger partial charge is 0.497 e. The molecule has 0 fully saturated rings. The van der Waals surface area contributed by atoms with E-state index in [4.69, 9.17) is 9.47 Å². The fraction of sp³-hybridized carbons (Fsp3) is 0.300. The molecular formula is C20H23NO4. The molecule has 132 valence electrons. The lowest BCUT2D eigenvalue weighted by atomic mass is 9.97. The average Bonchev–Trinajstić information content (AvgIpc) is 2.58. The first kappa shape index (κ1) is 18.5. The van der Waals surface area contributed by atoms with Crippen LogP contribution in [0, 0.1) is 0 Å². The third-order valence-corrected chi connectivity index (χ3v) is 3.41. The second-order valence-electron chi connectivity index (χ2n) is 6.59. The minimum atomic E-state index is -0.844. The van der Waals surface area contributed by atoms with Gasteiger partial charge in [0.1, 0.15) is 17.4 Å². The predicted molar refractivity (Wildman–Crippen MR) is 95.9 cm³/mol. The number of benzene rings is 2. The SMILES string of the molecule is COc1cccc(C(=O)C(NC(=O)OC(C)(C)C)c2ccccc2)c1. The quantitative estimate of drug-likeness (QED) is 0.830. The molecule has 0 aliphatic heterocycles. The predicted octanol–water partition coefficient (Wildman–Crippen LogP) is 4.14. The number of nitrogens with one attached hydrogen (secondary N) is 1. The molecule has 0 radical (unpaired) electrons. The monoisotopic (exact) mass is 341 g/mol. The highest BCUT2D eigenvalue weighted by Gasteiger charge is 2.26. The van der Waals surface area contributed by atoms with E-state index in [2.05, 4.69) is 5.32 Å². The molecule has 0 aromatic heterocycles. The van der Waals surface area contributed by atoms with Crippen molar-refractivity contribution in [3.63, 3.8) is 0 Å². The fourth-order valence-electron chi connectivity index (χ4n) is 2.31. The van der Waals surface area contributed by atoms with Crippen molar-refractivity contribution in [2.24, 2.45) is 0 Å². The molecule has 25 heavy (non-hydrogen) atoms. The highest BCUT2D eigenvalue weighted by atomic mass is 16.6. The van der Waals surface area contributed by atoms with Crippen LogP contribution in [0.25, 0.3) is 0 Å². The van der Waals surface area contributed by atoms with Crippen molar-refractivity contribution in [3.8, 4) is 5.75 Å². The Morgan fingerprint density at radius 2 is 1.68 bits per heavy atom. The zero-order chi connectivity index (χ0) is 18.4. The summed E-state index contributed by atoms with van der Waals surface area (Å²) in [5.74, 6) is 0.339. The van der Waals surface area contributed by atoms with Gasteiger partial charge < -0.3 is 14.8 Å². The Bertz CT molecular complexity index is 735. The highest BCUT2D eigenvalue weighted by molar-refractivity contribution is 6.02. The van der Waals surface area contributed by atoms with Crippen LogP contribution < -0.4 is 10.1 Å². The van der Waals surface area contributed by atoms with Gasteiger partial charge >= 0.3 is 6.09 Å². The number of Topliss-reactive ketones (excluding diaryl/α,β-unsaturated/α-hetero) is 1. The number of alkyl carbamates (subject to hydrolysis) is 1. The second kappa shape index (κ2) is 7.83. The van der Waals surface area contributed by atoms with Gasteiger partial charge in [0.05, 0.1) is 7.11 Å². The number of hydrogen-bond donors (Lipinski definition) is 1. The van der Waals surface area contributed by atoms with Crippen molar-refractivity contribution in [2.45, 2.75) is 32.4 Å². The summed E-state index contributed by atoms with van der Waals surface area (Å²) < 4.78 is 10.5. The summed E-state index contributed by atoms with van der Waals surface area (Å²) >= 11 is 0. The Labute approximate surface area is 148 Å². The molecule has 0 aliphatic rings. The number of ether oxygens (including phenoxy) is 2. The zero-order valence-corrected chi connectivity index (χ0v) is 14.9. The second-order valence-corrected chi connectivity index (χ2v) is 6.59. The number of amides is 1. The Balaban J connectivity index is 2.31. The number of carbonyl (C=O) groups is 2. The summed E-state index contributed by atoms with van der Waals surface area (Å²) in [4.78, 5) is 25.2. The van der Waals surface area contributed by atoms with Gasteiger partial charge in [0.15, 0.2) is 5.78 Å². The molecule has 2 rings (SSSR count). The topological polar surface area (TPSA) is 64.6 Å². The summed E-state index contributed by atoms with van der Waals surface area (Å²) in [6.45, 7) is 5.32. The number of hydrogen-bond acceptors (Lipinski definition) is 4. The Hall–Kier alpha value is -2.82. The number of carbonyl (C=O) groups excluding carboxylic acids is 2. The Kier molecular flexibility index (Phi) is 5.80. The van der Waals surface area contributed by atoms with E-state index >= 15 is 0 Å². The average molecular weight is 341 g/mol. The van der Waals surface area contributed by atoms with Gasteiger partial charge in [-0.2, -0.15) is 0 Å². The maximum Gasteiger partial charge on any atom is 0.408 e. The molecule has 0 saturated heterocycles. The van der Waals surface area contributed by atoms with Crippen molar-refractivity contribution in [1.82, 2.24) is 5.32 Å². The molecule has 0 aliphatic carbocycles. The molecule has 1 unspecified atom stereocenters. The van der Waals surface area contributed by atoms with Crippen LogP contribution in [-0.4, -0.2) is 24.6 Å². The molecule has 5 nitrogen and oxygen atoms in total. The molecule has 2 aromatic carbocycles. The molecule has 0 bridgehead atoms. The van der Waals surface area contributed by atoms with Gasteiger partial charge in [-0.05, 0) is 38.5 Å². The van der Waals surface area contributed by atoms with Gasteiger partial charge in [-0.25, -0.2) is 4.79 Å². The molecule has 0 spiro atoms. The third kappa shape index (κ3) is 5.35. The summed E-state index contributed by atoms with van der Waals surface area (Å²) in [7, 11) is 1.54. The van der Waals surface area contributed by atoms with Crippen molar-refractivity contribution in [2.75, 3.05) is 7.11 Å². The summed E-state index contributed by atoms with van der Waals surface area (Å²) in [5, 5.41) is 2.67. The van der Waals surface area contributed by atoms with Crippen LogP contribution in [0.2, 0.25) is 0 Å². The first-order valence-electron chi connectivity index (χ1n) is 8.03. The Morgan fingerprint density at radius 3 is 2.28 bits per heavy atom. The first-order chi connectivity index (χ1) is 11.8. The maximum absolute atomic E-state index is 13.0. The molecular weight excluding hydrogens is 318 g/mol. The van der Waals surface area contributed by atoms with Crippen molar-refractivity contribution >= 4 is 11.9 Å². The van der Waals surface area contributed by atoms with Gasteiger partial charge in [0.25, 0.3) is 0 Å². The molecule has 1 N–H and O–H groups in total. The van der Waals surface area contributed by atoms with E-state index in [1.54, 1.807) is 57.2 Å². The number of ketones is 1. The standard InChI is InChI=1S/C20H23NO4/c1-20(2,3)25-19(23)21-17(14-9-6-5-7-10-14)18(22)15-11-8-12-16(13-15)24-4/h5-13,17H,1-4H3,(H,21,23). The minimum absolute atomic E-state index is 0.240. The van der Waals surface area contributed by atoms with E-state index in [1.165, 1.54) is 7.11 Å². The highest BCUT2D eigenvalue weighted by Crippen LogP contribution is 2.22. The maximum atomic E-state index is 13.0. The molecule has 1 atom stereocenters. The van der Waals surface area contributed by atoms with Crippen LogP contribution >= 0.6 is 0 Å². The summed E-state index contributed by atoms with van der Waals surface area (Å²) in [6, 6.07) is 15.1. The lowest BCUT2D eigenvalue weighted by Gasteiger charge is -2.23. The molecule has 0 saturated carbocycles. The molecule has 5 heteroatoms. The number of rotatable bonds is 5. The van der Waals surface area contributed by atoms with Crippen molar-refractivity contribution in [1.29, 1.82) is 0 Å². The first-order valence-corrected chi connectivity index (χ1v) is 8.03. The van der Waals surface area contributed by atoms with E-state index in [-0.39, 0.29) is 5.78 Å². The van der Waals surface area contributed by atoms with Crippen LogP contribution in [0.1, 0.15) is 42.7 Å². The van der Waals surface area contributed by atoms with Gasteiger partial charge in [0.2, 0.25) is 0 Å². The van der Waals surface area contributed by atoms with E-state index < -0.39 is 17.7 Å². The van der Waals surface area contributed by atoms with Crippen LogP contribution in [-0.2, 0) is 4.74 Å². The van der Waals surface area contributed by atoms with Gasteiger partial charge in [0, 0.05) is 5.56 Å². The summed E-state index contributed by atoms with van der Waals surface area (Å²) in [5.41, 5.74) is 0.482. The normalized spacial score (nSPS) is 12.2. The zero-order valence-electron chi connectivity index (χ0n) is 14.9. The number of methoxy groups -OCH3 is 1. The van der Waals surface area contributed by atoms with Crippen molar-refractivity contribution in [3.05, 3.63) is 65.7 Å². The fourth-order valence-corrected chi connectivity index (χ4v) is 2.31. The molecule has 0 heterocycles. The van der Waals surface area contributed by atoms with Gasteiger partial charge in [-0.15, -0.1) is 0 Å². The van der Waals surface area contributed by atoms with Crippen LogP contribution in [0.5, 0.6) is 5.75 Å². The van der Waals surface area contributed by atoms with E-state index in [0.717, 1.165) is 0 Å². The smallest absolute Gasteiger partial charge is 0.408 e. The van der Waals surface area contributed by atoms with Crippen molar-refractivity contribution < 1.29 is 19.1 Å². The lowest BCUT2D eigenvalue weighted by molar-refractivity contribution is 0.0491. The Morgan fingerprint density at radius 1 is 1.00 bits per heavy atom. The minimum Gasteiger partial charge on any atom is -0.497 e. The summed E-state index contributed by atoms with van der Waals surface area (Å²) in [6.07, 6.45) is -0.641. The van der Waals surface area contributed by atoms with E-state index in [1.807, 2.05) is 18.2 Å². The molecule has 1 amide bonds. The third-order valence-electron chi connectivity index (χ3n) is 3.41. The van der Waals surface area contributed by atoms with E-state index in [0.29, 0.717) is 16.9 Å².